The molecule has 1 nitrogen and oxygen atoms in total. The minimum Gasteiger partial charge on any atom is -0.396 e. The number of aliphatic hydroxyl groups is 1. The molecule has 0 aromatic heterocycles. The van der Waals surface area contributed by atoms with E-state index in [0.717, 1.165) is 6.07 Å². The second-order valence-corrected chi connectivity index (χ2v) is 4.25. The van der Waals surface area contributed by atoms with Crippen LogP contribution in [0.3, 0.4) is 0 Å². The Kier molecular flexibility index (Phi) is 3.21. The van der Waals surface area contributed by atoms with Crippen LogP contribution in [0.5, 0.6) is 0 Å². The molecule has 0 saturated carbocycles. The number of hydrogen-bond donors (Lipinski definition) is 1. The standard InChI is InChI=1S/C11H14F2O/c1-11(2,7-14)6-8-3-4-9(12)10(13)5-8/h3-5,14H,6-7H2,1-2H3. The fourth-order valence-corrected chi connectivity index (χ4v) is 1.26. The van der Waals surface area contributed by atoms with Crippen LogP contribution in [0.2, 0.25) is 0 Å². The van der Waals surface area contributed by atoms with Crippen molar-refractivity contribution in [2.75, 3.05) is 6.61 Å². The molecule has 78 valence electrons. The maximum atomic E-state index is 12.8. The summed E-state index contributed by atoms with van der Waals surface area (Å²) in [6.45, 7) is 3.76. The van der Waals surface area contributed by atoms with Crippen molar-refractivity contribution in [1.29, 1.82) is 0 Å². The summed E-state index contributed by atoms with van der Waals surface area (Å²) in [5.41, 5.74) is 0.396. The fraction of sp³-hybridized carbons (Fsp3) is 0.455. The molecular formula is C11H14F2O. The average Bonchev–Trinajstić information content (AvgIpc) is 2.11. The van der Waals surface area contributed by atoms with Gasteiger partial charge in [-0.3, -0.25) is 0 Å². The zero-order chi connectivity index (χ0) is 10.8. The highest BCUT2D eigenvalue weighted by atomic mass is 19.2. The van der Waals surface area contributed by atoms with Crippen LogP contribution in [0.1, 0.15) is 19.4 Å². The van der Waals surface area contributed by atoms with Crippen LogP contribution in [0, 0.1) is 17.0 Å². The van der Waals surface area contributed by atoms with Crippen LogP contribution in [0.15, 0.2) is 18.2 Å². The van der Waals surface area contributed by atoms with Crippen molar-refractivity contribution in [3.8, 4) is 0 Å². The Labute approximate surface area is 82.4 Å². The highest BCUT2D eigenvalue weighted by Crippen LogP contribution is 2.21. The minimum absolute atomic E-state index is 0.0198. The van der Waals surface area contributed by atoms with Gasteiger partial charge in [-0.2, -0.15) is 0 Å². The normalized spacial score (nSPS) is 11.8. The van der Waals surface area contributed by atoms with E-state index in [4.69, 9.17) is 5.11 Å². The van der Waals surface area contributed by atoms with Gasteiger partial charge < -0.3 is 5.11 Å². The van der Waals surface area contributed by atoms with E-state index in [1.165, 1.54) is 12.1 Å². The molecule has 0 fully saturated rings. The third-order valence-electron chi connectivity index (χ3n) is 2.09. The Morgan fingerprint density at radius 2 is 1.86 bits per heavy atom. The summed E-state index contributed by atoms with van der Waals surface area (Å²) >= 11 is 0. The molecular weight excluding hydrogens is 186 g/mol. The summed E-state index contributed by atoms with van der Waals surface area (Å²) in [5.74, 6) is -1.67. The summed E-state index contributed by atoms with van der Waals surface area (Å²) in [6.07, 6.45) is 0.528. The largest absolute Gasteiger partial charge is 0.396 e. The van der Waals surface area contributed by atoms with Gasteiger partial charge in [0.2, 0.25) is 0 Å². The second-order valence-electron chi connectivity index (χ2n) is 4.25. The van der Waals surface area contributed by atoms with Crippen molar-refractivity contribution in [3.05, 3.63) is 35.4 Å². The maximum Gasteiger partial charge on any atom is 0.159 e. The summed E-state index contributed by atoms with van der Waals surface area (Å²) in [5, 5.41) is 9.01. The zero-order valence-corrected chi connectivity index (χ0v) is 8.35. The summed E-state index contributed by atoms with van der Waals surface area (Å²) in [6, 6.07) is 3.82. The zero-order valence-electron chi connectivity index (χ0n) is 8.35. The van der Waals surface area contributed by atoms with Gasteiger partial charge >= 0.3 is 0 Å². The van der Waals surface area contributed by atoms with Crippen molar-refractivity contribution >= 4 is 0 Å². The van der Waals surface area contributed by atoms with Gasteiger partial charge in [0.05, 0.1) is 0 Å². The van der Waals surface area contributed by atoms with Crippen LogP contribution >= 0.6 is 0 Å². The monoisotopic (exact) mass is 200 g/mol. The van der Waals surface area contributed by atoms with E-state index in [1.807, 2.05) is 13.8 Å². The van der Waals surface area contributed by atoms with E-state index in [0.29, 0.717) is 12.0 Å². The SMILES string of the molecule is CC(C)(CO)Cc1ccc(F)c(F)c1. The first-order valence-corrected chi connectivity index (χ1v) is 4.49. The maximum absolute atomic E-state index is 12.8. The molecule has 0 aliphatic rings. The van der Waals surface area contributed by atoms with Gasteiger partial charge in [-0.1, -0.05) is 19.9 Å². The van der Waals surface area contributed by atoms with E-state index < -0.39 is 11.6 Å². The number of rotatable bonds is 3. The van der Waals surface area contributed by atoms with E-state index in [1.54, 1.807) is 0 Å². The first-order valence-electron chi connectivity index (χ1n) is 4.49. The van der Waals surface area contributed by atoms with Crippen LogP contribution in [-0.4, -0.2) is 11.7 Å². The summed E-state index contributed by atoms with van der Waals surface area (Å²) in [4.78, 5) is 0. The molecule has 1 N–H and O–H groups in total. The molecule has 1 rings (SSSR count). The second kappa shape index (κ2) is 4.05. The molecule has 0 atom stereocenters. The number of hydrogen-bond acceptors (Lipinski definition) is 1. The van der Waals surface area contributed by atoms with E-state index in [-0.39, 0.29) is 12.0 Å². The summed E-state index contributed by atoms with van der Waals surface area (Å²) in [7, 11) is 0. The van der Waals surface area contributed by atoms with Crippen molar-refractivity contribution in [3.63, 3.8) is 0 Å². The van der Waals surface area contributed by atoms with E-state index in [2.05, 4.69) is 0 Å². The van der Waals surface area contributed by atoms with Gasteiger partial charge in [-0.05, 0) is 29.5 Å². The van der Waals surface area contributed by atoms with Gasteiger partial charge in [0.1, 0.15) is 0 Å². The molecule has 0 amide bonds. The van der Waals surface area contributed by atoms with Crippen molar-refractivity contribution < 1.29 is 13.9 Å². The lowest BCUT2D eigenvalue weighted by atomic mass is 9.87. The van der Waals surface area contributed by atoms with Gasteiger partial charge in [0.25, 0.3) is 0 Å². The highest BCUT2D eigenvalue weighted by Gasteiger charge is 2.17. The van der Waals surface area contributed by atoms with E-state index >= 15 is 0 Å². The Morgan fingerprint density at radius 1 is 1.21 bits per heavy atom. The Hall–Kier alpha value is -0.960. The molecule has 1 aromatic rings. The van der Waals surface area contributed by atoms with Crippen molar-refractivity contribution in [1.82, 2.24) is 0 Å². The molecule has 0 bridgehead atoms. The molecule has 0 spiro atoms. The third-order valence-corrected chi connectivity index (χ3v) is 2.09. The first-order chi connectivity index (χ1) is 6.44. The lowest BCUT2D eigenvalue weighted by Crippen LogP contribution is -2.19. The molecule has 0 aliphatic carbocycles. The number of benzene rings is 1. The Bertz CT molecular complexity index is 321. The first kappa shape index (κ1) is 11.1. The highest BCUT2D eigenvalue weighted by molar-refractivity contribution is 5.19. The molecule has 0 heterocycles. The third kappa shape index (κ3) is 2.77. The molecule has 0 radical (unpaired) electrons. The molecule has 0 unspecified atom stereocenters. The van der Waals surface area contributed by atoms with Crippen LogP contribution in [-0.2, 0) is 6.42 Å². The molecule has 0 aliphatic heterocycles. The van der Waals surface area contributed by atoms with Gasteiger partial charge in [0.15, 0.2) is 11.6 Å². The lowest BCUT2D eigenvalue weighted by Gasteiger charge is -2.21. The quantitative estimate of drug-likeness (QED) is 0.794. The fourth-order valence-electron chi connectivity index (χ4n) is 1.26. The van der Waals surface area contributed by atoms with E-state index in [9.17, 15) is 8.78 Å². The number of aliphatic hydroxyl groups excluding tert-OH is 1. The Morgan fingerprint density at radius 3 is 2.36 bits per heavy atom. The number of halogens is 2. The van der Waals surface area contributed by atoms with Crippen LogP contribution in [0.4, 0.5) is 8.78 Å². The average molecular weight is 200 g/mol. The smallest absolute Gasteiger partial charge is 0.159 e. The summed E-state index contributed by atoms with van der Waals surface area (Å²) < 4.78 is 25.4. The minimum atomic E-state index is -0.837. The predicted octanol–water partition coefficient (Wildman–Crippen LogP) is 2.53. The molecule has 1 aromatic carbocycles. The predicted molar refractivity (Wildman–Crippen MR) is 50.9 cm³/mol. The van der Waals surface area contributed by atoms with Crippen LogP contribution < -0.4 is 0 Å². The Balaban J connectivity index is 2.83. The van der Waals surface area contributed by atoms with Crippen LogP contribution in [0.25, 0.3) is 0 Å². The molecule has 3 heteroatoms. The van der Waals surface area contributed by atoms with Gasteiger partial charge in [0, 0.05) is 6.61 Å². The van der Waals surface area contributed by atoms with Gasteiger partial charge in [-0.15, -0.1) is 0 Å². The van der Waals surface area contributed by atoms with Gasteiger partial charge in [-0.25, -0.2) is 8.78 Å². The van der Waals surface area contributed by atoms with Crippen molar-refractivity contribution in [2.45, 2.75) is 20.3 Å². The topological polar surface area (TPSA) is 20.2 Å². The van der Waals surface area contributed by atoms with Crippen molar-refractivity contribution in [2.24, 2.45) is 5.41 Å². The lowest BCUT2D eigenvalue weighted by molar-refractivity contribution is 0.159. The molecule has 14 heavy (non-hydrogen) atoms. The molecule has 0 saturated heterocycles.